The summed E-state index contributed by atoms with van der Waals surface area (Å²) in [5, 5.41) is 0.264. The van der Waals surface area contributed by atoms with Crippen molar-refractivity contribution in [3.05, 3.63) is 0 Å². The second-order valence-electron chi connectivity index (χ2n) is 4.24. The van der Waals surface area contributed by atoms with Gasteiger partial charge in [-0.05, 0) is 37.1 Å². The van der Waals surface area contributed by atoms with Gasteiger partial charge in [-0.15, -0.1) is 11.6 Å². The highest BCUT2D eigenvalue weighted by Gasteiger charge is 2.17. The second kappa shape index (κ2) is 6.54. The molecule has 0 amide bonds. The van der Waals surface area contributed by atoms with E-state index in [2.05, 4.69) is 18.2 Å². The number of alkyl halides is 1. The number of Topliss-reactive ketones (excluding diaryl/α,β-unsaturated/α-hetero) is 1. The Balaban J connectivity index is 2.09. The Hall–Kier alpha value is -0.0200. The first-order chi connectivity index (χ1) is 7.11. The van der Waals surface area contributed by atoms with Crippen molar-refractivity contribution in [3.63, 3.8) is 0 Å². The van der Waals surface area contributed by atoms with Gasteiger partial charge in [-0.2, -0.15) is 0 Å². The third kappa shape index (κ3) is 4.56. The zero-order valence-electron chi connectivity index (χ0n) is 9.33. The molecule has 0 saturated heterocycles. The number of nitrogens with zero attached hydrogens (tertiary/aromatic N) is 1. The van der Waals surface area contributed by atoms with Crippen molar-refractivity contribution in [2.75, 3.05) is 5.75 Å². The highest BCUT2D eigenvalue weighted by molar-refractivity contribution is 7.99. The van der Waals surface area contributed by atoms with Gasteiger partial charge in [-0.3, -0.25) is 4.79 Å². The molecule has 0 saturated carbocycles. The second-order valence-corrected chi connectivity index (χ2v) is 5.53. The number of hydrogen-bond acceptors (Lipinski definition) is 3. The first-order valence-corrected chi connectivity index (χ1v) is 6.85. The Morgan fingerprint density at radius 2 is 2.20 bits per heavy atom. The van der Waals surface area contributed by atoms with Crippen molar-refractivity contribution < 1.29 is 4.79 Å². The van der Waals surface area contributed by atoms with Gasteiger partial charge in [0.25, 0.3) is 0 Å². The minimum Gasteiger partial charge on any atom is -0.292 e. The Morgan fingerprint density at radius 3 is 2.73 bits per heavy atom. The van der Waals surface area contributed by atoms with Crippen LogP contribution in [0, 0.1) is 5.92 Å². The maximum absolute atomic E-state index is 11.2. The smallest absolute Gasteiger partial charge is 0.189 e. The molecule has 1 unspecified atom stereocenters. The van der Waals surface area contributed by atoms with E-state index in [1.54, 1.807) is 0 Å². The lowest BCUT2D eigenvalue weighted by Gasteiger charge is -2.12. The van der Waals surface area contributed by atoms with Crippen LogP contribution in [0.1, 0.15) is 39.5 Å². The van der Waals surface area contributed by atoms with Gasteiger partial charge in [0, 0.05) is 5.38 Å². The van der Waals surface area contributed by atoms with E-state index in [4.69, 9.17) is 11.6 Å². The average Bonchev–Trinajstić information content (AvgIpc) is 2.58. The number of carbonyl (C=O) groups is 1. The number of rotatable bonds is 6. The first kappa shape index (κ1) is 13.0. The molecular formula is C11H18ClNOS. The van der Waals surface area contributed by atoms with E-state index in [1.165, 1.54) is 11.9 Å². The molecule has 0 aromatic carbocycles. The molecule has 1 atom stereocenters. The molecule has 0 radical (unpaired) electrons. The van der Waals surface area contributed by atoms with E-state index in [1.807, 2.05) is 0 Å². The van der Waals surface area contributed by atoms with E-state index in [0.717, 1.165) is 31.4 Å². The quantitative estimate of drug-likeness (QED) is 0.409. The van der Waals surface area contributed by atoms with Gasteiger partial charge in [-0.25, -0.2) is 4.40 Å². The third-order valence-corrected chi connectivity index (χ3v) is 4.02. The maximum atomic E-state index is 11.2. The fourth-order valence-electron chi connectivity index (χ4n) is 1.45. The predicted molar refractivity (Wildman–Crippen MR) is 67.8 cm³/mol. The van der Waals surface area contributed by atoms with Crippen molar-refractivity contribution >= 4 is 35.0 Å². The summed E-state index contributed by atoms with van der Waals surface area (Å²) in [6.07, 6.45) is 3.98. The molecule has 0 N–H and O–H groups in total. The monoisotopic (exact) mass is 247 g/mol. The van der Waals surface area contributed by atoms with Gasteiger partial charge in [0.1, 0.15) is 0 Å². The molecule has 0 aromatic heterocycles. The lowest BCUT2D eigenvalue weighted by atomic mass is 10.0. The van der Waals surface area contributed by atoms with E-state index in [0.29, 0.717) is 11.7 Å². The van der Waals surface area contributed by atoms with Crippen LogP contribution in [-0.4, -0.2) is 22.6 Å². The molecule has 1 heterocycles. The molecule has 0 aromatic rings. The normalized spacial score (nSPS) is 18.4. The third-order valence-electron chi connectivity index (χ3n) is 2.56. The van der Waals surface area contributed by atoms with Crippen LogP contribution in [0.15, 0.2) is 4.40 Å². The summed E-state index contributed by atoms with van der Waals surface area (Å²) >= 11 is 7.51. The van der Waals surface area contributed by atoms with Crippen molar-refractivity contribution in [2.45, 2.75) is 44.9 Å². The first-order valence-electron chi connectivity index (χ1n) is 5.47. The van der Waals surface area contributed by atoms with Crippen molar-refractivity contribution in [1.29, 1.82) is 0 Å². The van der Waals surface area contributed by atoms with Crippen molar-refractivity contribution in [1.82, 2.24) is 0 Å². The molecular weight excluding hydrogens is 230 g/mol. The van der Waals surface area contributed by atoms with Gasteiger partial charge in [-0.1, -0.05) is 20.3 Å². The molecule has 0 aliphatic carbocycles. The van der Waals surface area contributed by atoms with E-state index in [9.17, 15) is 4.79 Å². The molecule has 0 bridgehead atoms. The molecule has 0 fully saturated rings. The summed E-state index contributed by atoms with van der Waals surface area (Å²) in [6, 6.07) is 0. The standard InChI is InChI=1S/C11H18ClNOS/c1-8(2)9(12)5-3-4-6-10-11(14)7-15-13-10/h8-9H,3-7H2,1-2H3. The highest BCUT2D eigenvalue weighted by atomic mass is 35.5. The molecule has 86 valence electrons. The zero-order chi connectivity index (χ0) is 11.3. The van der Waals surface area contributed by atoms with Crippen LogP contribution in [-0.2, 0) is 4.79 Å². The van der Waals surface area contributed by atoms with E-state index >= 15 is 0 Å². The molecule has 2 nitrogen and oxygen atoms in total. The van der Waals surface area contributed by atoms with Crippen LogP contribution in [0.25, 0.3) is 0 Å². The van der Waals surface area contributed by atoms with Crippen LogP contribution in [0.4, 0.5) is 0 Å². The number of carbonyl (C=O) groups excluding carboxylic acids is 1. The summed E-state index contributed by atoms with van der Waals surface area (Å²) in [5.41, 5.74) is 0.774. The summed E-state index contributed by atoms with van der Waals surface area (Å²) in [5.74, 6) is 1.29. The van der Waals surface area contributed by atoms with Gasteiger partial charge < -0.3 is 0 Å². The fourth-order valence-corrected chi connectivity index (χ4v) is 2.30. The number of ketones is 1. The lowest BCUT2D eigenvalue weighted by Crippen LogP contribution is -2.11. The molecule has 1 aliphatic heterocycles. The Bertz CT molecular complexity index is 253. The zero-order valence-corrected chi connectivity index (χ0v) is 10.9. The number of unbranched alkanes of at least 4 members (excludes halogenated alkanes) is 1. The topological polar surface area (TPSA) is 29.4 Å². The highest BCUT2D eigenvalue weighted by Crippen LogP contribution is 2.19. The minimum absolute atomic E-state index is 0.214. The largest absolute Gasteiger partial charge is 0.292 e. The minimum atomic E-state index is 0.214. The van der Waals surface area contributed by atoms with Gasteiger partial charge in [0.2, 0.25) is 0 Å². The molecule has 4 heteroatoms. The average molecular weight is 248 g/mol. The number of hydrogen-bond donors (Lipinski definition) is 0. The Morgan fingerprint density at radius 1 is 1.47 bits per heavy atom. The van der Waals surface area contributed by atoms with Crippen LogP contribution in [0.2, 0.25) is 0 Å². The maximum Gasteiger partial charge on any atom is 0.189 e. The van der Waals surface area contributed by atoms with E-state index < -0.39 is 0 Å². The number of halogens is 1. The molecule has 1 rings (SSSR count). The Kier molecular flexibility index (Phi) is 5.69. The molecule has 0 spiro atoms. The predicted octanol–water partition coefficient (Wildman–Crippen LogP) is 3.48. The van der Waals surface area contributed by atoms with Crippen molar-refractivity contribution in [2.24, 2.45) is 10.3 Å². The van der Waals surface area contributed by atoms with Crippen LogP contribution in [0.5, 0.6) is 0 Å². The Labute approximate surface area is 101 Å². The molecule has 15 heavy (non-hydrogen) atoms. The van der Waals surface area contributed by atoms with Crippen LogP contribution < -0.4 is 0 Å². The van der Waals surface area contributed by atoms with Crippen LogP contribution >= 0.6 is 23.5 Å². The van der Waals surface area contributed by atoms with E-state index in [-0.39, 0.29) is 11.2 Å². The lowest BCUT2D eigenvalue weighted by molar-refractivity contribution is -0.110. The summed E-state index contributed by atoms with van der Waals surface area (Å²) in [4.78, 5) is 11.2. The molecule has 1 aliphatic rings. The summed E-state index contributed by atoms with van der Waals surface area (Å²) < 4.78 is 4.12. The fraction of sp³-hybridized carbons (Fsp3) is 0.818. The summed E-state index contributed by atoms with van der Waals surface area (Å²) in [7, 11) is 0. The van der Waals surface area contributed by atoms with Crippen molar-refractivity contribution in [3.8, 4) is 0 Å². The van der Waals surface area contributed by atoms with Gasteiger partial charge in [0.15, 0.2) is 5.78 Å². The van der Waals surface area contributed by atoms with Gasteiger partial charge in [0.05, 0.1) is 11.5 Å². The van der Waals surface area contributed by atoms with Gasteiger partial charge >= 0.3 is 0 Å². The SMILES string of the molecule is CC(C)C(Cl)CCCCC1=NSCC1=O. The summed E-state index contributed by atoms with van der Waals surface area (Å²) in [6.45, 7) is 4.28. The van der Waals surface area contributed by atoms with Crippen LogP contribution in [0.3, 0.4) is 0 Å².